The lowest BCUT2D eigenvalue weighted by Crippen LogP contribution is -2.46. The number of piperazine rings is 1. The van der Waals surface area contributed by atoms with Crippen LogP contribution in [-0.4, -0.2) is 42.6 Å². The monoisotopic (exact) mass is 220 g/mol. The Balaban J connectivity index is 2.07. The molecule has 4 nitrogen and oxygen atoms in total. The molecule has 0 spiro atoms. The van der Waals surface area contributed by atoms with Gasteiger partial charge in [0.15, 0.2) is 0 Å². The molecule has 0 aliphatic carbocycles. The lowest BCUT2D eigenvalue weighted by Gasteiger charge is -2.36. The van der Waals surface area contributed by atoms with E-state index in [1.807, 2.05) is 18.5 Å². The third-order valence-electron chi connectivity index (χ3n) is 3.27. The van der Waals surface area contributed by atoms with Crippen molar-refractivity contribution in [3.8, 4) is 0 Å². The number of anilines is 1. The first-order valence-electron chi connectivity index (χ1n) is 5.95. The Morgan fingerprint density at radius 2 is 2.06 bits per heavy atom. The molecular weight excluding hydrogens is 200 g/mol. The number of hydrogen-bond donors (Lipinski definition) is 1. The second kappa shape index (κ2) is 5.27. The SMILES string of the molecule is CCN1CCN(c2cnccc2CN)CC1. The topological polar surface area (TPSA) is 45.4 Å². The van der Waals surface area contributed by atoms with Gasteiger partial charge in [-0.2, -0.15) is 0 Å². The van der Waals surface area contributed by atoms with Crippen LogP contribution < -0.4 is 10.6 Å². The molecule has 0 saturated carbocycles. The molecule has 1 aliphatic heterocycles. The van der Waals surface area contributed by atoms with Crippen molar-refractivity contribution in [2.24, 2.45) is 5.73 Å². The summed E-state index contributed by atoms with van der Waals surface area (Å²) in [6, 6.07) is 2.02. The maximum Gasteiger partial charge on any atom is 0.0599 e. The van der Waals surface area contributed by atoms with Gasteiger partial charge in [-0.15, -0.1) is 0 Å². The molecule has 0 bridgehead atoms. The summed E-state index contributed by atoms with van der Waals surface area (Å²) in [5.41, 5.74) is 8.15. The predicted molar refractivity (Wildman–Crippen MR) is 66.5 cm³/mol. The first kappa shape index (κ1) is 11.4. The summed E-state index contributed by atoms with van der Waals surface area (Å²) >= 11 is 0. The van der Waals surface area contributed by atoms with Crippen LogP contribution >= 0.6 is 0 Å². The van der Waals surface area contributed by atoms with Gasteiger partial charge in [0.05, 0.1) is 11.9 Å². The van der Waals surface area contributed by atoms with E-state index >= 15 is 0 Å². The molecule has 88 valence electrons. The van der Waals surface area contributed by atoms with Crippen LogP contribution in [0.15, 0.2) is 18.5 Å². The van der Waals surface area contributed by atoms with E-state index in [-0.39, 0.29) is 0 Å². The summed E-state index contributed by atoms with van der Waals surface area (Å²) in [4.78, 5) is 9.05. The summed E-state index contributed by atoms with van der Waals surface area (Å²) in [5, 5.41) is 0. The normalized spacial score (nSPS) is 17.8. The number of hydrogen-bond acceptors (Lipinski definition) is 4. The lowest BCUT2D eigenvalue weighted by molar-refractivity contribution is 0.271. The van der Waals surface area contributed by atoms with Crippen LogP contribution in [0.1, 0.15) is 12.5 Å². The van der Waals surface area contributed by atoms with Gasteiger partial charge in [0, 0.05) is 38.9 Å². The highest BCUT2D eigenvalue weighted by Crippen LogP contribution is 2.19. The van der Waals surface area contributed by atoms with Crippen molar-refractivity contribution in [2.75, 3.05) is 37.6 Å². The Kier molecular flexibility index (Phi) is 3.74. The van der Waals surface area contributed by atoms with Gasteiger partial charge in [0.1, 0.15) is 0 Å². The van der Waals surface area contributed by atoms with Crippen LogP contribution in [0.3, 0.4) is 0 Å². The minimum absolute atomic E-state index is 0.589. The average molecular weight is 220 g/mol. The van der Waals surface area contributed by atoms with E-state index in [1.54, 1.807) is 0 Å². The molecular formula is C12H20N4. The van der Waals surface area contributed by atoms with E-state index in [1.165, 1.54) is 11.3 Å². The molecule has 1 fully saturated rings. The Bertz CT molecular complexity index is 332. The second-order valence-electron chi connectivity index (χ2n) is 4.13. The molecule has 2 rings (SSSR count). The maximum atomic E-state index is 5.75. The molecule has 0 amide bonds. The van der Waals surface area contributed by atoms with E-state index in [2.05, 4.69) is 21.7 Å². The summed E-state index contributed by atoms with van der Waals surface area (Å²) in [5.74, 6) is 0. The average Bonchev–Trinajstić information content (AvgIpc) is 2.39. The van der Waals surface area contributed by atoms with Crippen molar-refractivity contribution in [1.82, 2.24) is 9.88 Å². The summed E-state index contributed by atoms with van der Waals surface area (Å²) in [7, 11) is 0. The second-order valence-corrected chi connectivity index (χ2v) is 4.13. The van der Waals surface area contributed by atoms with Gasteiger partial charge in [-0.1, -0.05) is 6.92 Å². The predicted octanol–water partition coefficient (Wildman–Crippen LogP) is 0.682. The van der Waals surface area contributed by atoms with Gasteiger partial charge in [0.2, 0.25) is 0 Å². The first-order chi connectivity index (χ1) is 7.85. The van der Waals surface area contributed by atoms with Crippen molar-refractivity contribution in [3.63, 3.8) is 0 Å². The van der Waals surface area contributed by atoms with E-state index in [9.17, 15) is 0 Å². The molecule has 1 aromatic heterocycles. The summed E-state index contributed by atoms with van der Waals surface area (Å²) in [6.07, 6.45) is 3.75. The smallest absolute Gasteiger partial charge is 0.0599 e. The van der Waals surface area contributed by atoms with Crippen molar-refractivity contribution in [1.29, 1.82) is 0 Å². The molecule has 0 unspecified atom stereocenters. The van der Waals surface area contributed by atoms with Gasteiger partial charge >= 0.3 is 0 Å². The standard InChI is InChI=1S/C12H20N4/c1-2-15-5-7-16(8-6-15)12-10-14-4-3-11(12)9-13/h3-4,10H,2,5-9,13H2,1H3. The fourth-order valence-electron chi connectivity index (χ4n) is 2.18. The molecule has 0 radical (unpaired) electrons. The van der Waals surface area contributed by atoms with Crippen LogP contribution in [0.4, 0.5) is 5.69 Å². The molecule has 0 aromatic carbocycles. The molecule has 1 aromatic rings. The Morgan fingerprint density at radius 1 is 1.31 bits per heavy atom. The number of pyridine rings is 1. The Labute approximate surface area is 97.1 Å². The van der Waals surface area contributed by atoms with E-state index in [4.69, 9.17) is 5.73 Å². The van der Waals surface area contributed by atoms with Gasteiger partial charge in [-0.25, -0.2) is 0 Å². The van der Waals surface area contributed by atoms with E-state index in [0.29, 0.717) is 6.54 Å². The van der Waals surface area contributed by atoms with E-state index in [0.717, 1.165) is 32.7 Å². The molecule has 16 heavy (non-hydrogen) atoms. The van der Waals surface area contributed by atoms with Gasteiger partial charge in [0.25, 0.3) is 0 Å². The van der Waals surface area contributed by atoms with Crippen LogP contribution in [0.2, 0.25) is 0 Å². The first-order valence-corrected chi connectivity index (χ1v) is 5.95. The molecule has 2 heterocycles. The zero-order chi connectivity index (χ0) is 11.4. The molecule has 1 saturated heterocycles. The van der Waals surface area contributed by atoms with Gasteiger partial charge < -0.3 is 15.5 Å². The zero-order valence-electron chi connectivity index (χ0n) is 9.89. The third-order valence-corrected chi connectivity index (χ3v) is 3.27. The number of rotatable bonds is 3. The van der Waals surface area contributed by atoms with Gasteiger partial charge in [-0.05, 0) is 18.2 Å². The van der Waals surface area contributed by atoms with E-state index < -0.39 is 0 Å². The Morgan fingerprint density at radius 3 is 2.69 bits per heavy atom. The fraction of sp³-hybridized carbons (Fsp3) is 0.583. The summed E-state index contributed by atoms with van der Waals surface area (Å²) in [6.45, 7) is 8.37. The highest BCUT2D eigenvalue weighted by atomic mass is 15.3. The van der Waals surface area contributed by atoms with Crippen molar-refractivity contribution < 1.29 is 0 Å². The maximum absolute atomic E-state index is 5.75. The van der Waals surface area contributed by atoms with Crippen LogP contribution in [0.25, 0.3) is 0 Å². The highest BCUT2D eigenvalue weighted by Gasteiger charge is 2.17. The molecule has 4 heteroatoms. The molecule has 2 N–H and O–H groups in total. The third kappa shape index (κ3) is 2.33. The molecule has 0 atom stereocenters. The number of nitrogens with two attached hydrogens (primary N) is 1. The largest absolute Gasteiger partial charge is 0.367 e. The summed E-state index contributed by atoms with van der Waals surface area (Å²) < 4.78 is 0. The minimum Gasteiger partial charge on any atom is -0.367 e. The number of likely N-dealkylation sites (N-methyl/N-ethyl adjacent to an activating group) is 1. The minimum atomic E-state index is 0.589. The van der Waals surface area contributed by atoms with Gasteiger partial charge in [-0.3, -0.25) is 4.98 Å². The lowest BCUT2D eigenvalue weighted by atomic mass is 10.2. The quantitative estimate of drug-likeness (QED) is 0.814. The van der Waals surface area contributed by atoms with Crippen molar-refractivity contribution in [2.45, 2.75) is 13.5 Å². The zero-order valence-corrected chi connectivity index (χ0v) is 9.89. The van der Waals surface area contributed by atoms with Crippen molar-refractivity contribution in [3.05, 3.63) is 24.0 Å². The van der Waals surface area contributed by atoms with Crippen LogP contribution in [0.5, 0.6) is 0 Å². The fourth-order valence-corrected chi connectivity index (χ4v) is 2.18. The van der Waals surface area contributed by atoms with Crippen molar-refractivity contribution >= 4 is 5.69 Å². The highest BCUT2D eigenvalue weighted by molar-refractivity contribution is 5.52. The number of aromatic nitrogens is 1. The number of nitrogens with zero attached hydrogens (tertiary/aromatic N) is 3. The molecule has 1 aliphatic rings. The van der Waals surface area contributed by atoms with Crippen LogP contribution in [0, 0.1) is 0 Å². The Hall–Kier alpha value is -1.13. The van der Waals surface area contributed by atoms with Crippen LogP contribution in [-0.2, 0) is 6.54 Å².